The standard InChI is InChI=1S/C16H16Br2N2O3/c1-10-8-13-16(19-9-10)23-7-6-20(13)14(21)5-4-12(18)15(22-3)11(2)17/h4-5,8-9H,2,6-7H2,1,3H3. The van der Waals surface area contributed by atoms with Gasteiger partial charge in [0.05, 0.1) is 22.6 Å². The van der Waals surface area contributed by atoms with Gasteiger partial charge in [-0.1, -0.05) is 6.58 Å². The van der Waals surface area contributed by atoms with Gasteiger partial charge in [-0.25, -0.2) is 4.98 Å². The first kappa shape index (κ1) is 17.7. The minimum Gasteiger partial charge on any atom is -0.494 e. The van der Waals surface area contributed by atoms with Crippen LogP contribution in [0.1, 0.15) is 5.56 Å². The van der Waals surface area contributed by atoms with E-state index >= 15 is 0 Å². The maximum absolute atomic E-state index is 12.5. The summed E-state index contributed by atoms with van der Waals surface area (Å²) in [6.07, 6.45) is 4.82. The Hall–Kier alpha value is -1.60. The van der Waals surface area contributed by atoms with Gasteiger partial charge in [0.25, 0.3) is 5.91 Å². The number of anilines is 1. The van der Waals surface area contributed by atoms with Gasteiger partial charge in [0.15, 0.2) is 0 Å². The van der Waals surface area contributed by atoms with Crippen LogP contribution in [0.4, 0.5) is 5.69 Å². The molecule has 23 heavy (non-hydrogen) atoms. The van der Waals surface area contributed by atoms with Crippen molar-refractivity contribution < 1.29 is 14.3 Å². The molecule has 0 bridgehead atoms. The average molecular weight is 444 g/mol. The average Bonchev–Trinajstić information content (AvgIpc) is 2.52. The predicted molar refractivity (Wildman–Crippen MR) is 97.0 cm³/mol. The van der Waals surface area contributed by atoms with Crippen LogP contribution in [0.5, 0.6) is 5.88 Å². The Morgan fingerprint density at radius 3 is 2.87 bits per heavy atom. The van der Waals surface area contributed by atoms with Crippen LogP contribution in [-0.4, -0.2) is 31.2 Å². The summed E-state index contributed by atoms with van der Waals surface area (Å²) in [5.74, 6) is 0.841. The first-order valence-corrected chi connectivity index (χ1v) is 8.40. The molecule has 5 nitrogen and oxygen atoms in total. The number of aromatic nitrogens is 1. The lowest BCUT2D eigenvalue weighted by Crippen LogP contribution is -2.37. The molecule has 2 heterocycles. The molecule has 0 saturated carbocycles. The first-order valence-electron chi connectivity index (χ1n) is 6.81. The first-order chi connectivity index (χ1) is 10.9. The lowest BCUT2D eigenvalue weighted by Gasteiger charge is -2.28. The van der Waals surface area contributed by atoms with Crippen LogP contribution in [-0.2, 0) is 9.53 Å². The Labute approximate surface area is 151 Å². The molecule has 122 valence electrons. The summed E-state index contributed by atoms with van der Waals surface area (Å²) >= 11 is 6.62. The minimum atomic E-state index is -0.158. The summed E-state index contributed by atoms with van der Waals surface area (Å²) in [6.45, 7) is 6.57. The molecule has 7 heteroatoms. The van der Waals surface area contributed by atoms with Crippen molar-refractivity contribution in [1.82, 2.24) is 4.98 Å². The van der Waals surface area contributed by atoms with E-state index in [4.69, 9.17) is 9.47 Å². The molecule has 1 aromatic rings. The lowest BCUT2D eigenvalue weighted by atomic mass is 10.2. The minimum absolute atomic E-state index is 0.158. The molecule has 0 unspecified atom stereocenters. The smallest absolute Gasteiger partial charge is 0.251 e. The number of halogens is 2. The number of hydrogen-bond donors (Lipinski definition) is 0. The number of methoxy groups -OCH3 is 1. The molecule has 1 aromatic heterocycles. The van der Waals surface area contributed by atoms with Gasteiger partial charge in [0.2, 0.25) is 5.88 Å². The van der Waals surface area contributed by atoms with Crippen LogP contribution in [0.15, 0.2) is 45.7 Å². The Morgan fingerprint density at radius 1 is 1.48 bits per heavy atom. The van der Waals surface area contributed by atoms with E-state index in [0.29, 0.717) is 39.4 Å². The third kappa shape index (κ3) is 4.23. The fourth-order valence-corrected chi connectivity index (χ4v) is 3.25. The molecule has 1 aliphatic rings. The van der Waals surface area contributed by atoms with Gasteiger partial charge < -0.3 is 14.4 Å². The number of carbonyl (C=O) groups excluding carboxylic acids is 1. The van der Waals surface area contributed by atoms with Crippen LogP contribution in [0.25, 0.3) is 0 Å². The molecule has 0 radical (unpaired) electrons. The van der Waals surface area contributed by atoms with Crippen molar-refractivity contribution >= 4 is 43.5 Å². The number of carbonyl (C=O) groups is 1. The number of hydrogen-bond acceptors (Lipinski definition) is 4. The lowest BCUT2D eigenvalue weighted by molar-refractivity contribution is -0.114. The van der Waals surface area contributed by atoms with Crippen LogP contribution >= 0.6 is 31.9 Å². The highest BCUT2D eigenvalue weighted by Gasteiger charge is 2.23. The summed E-state index contributed by atoms with van der Waals surface area (Å²) in [6, 6.07) is 1.89. The van der Waals surface area contributed by atoms with E-state index in [-0.39, 0.29) is 5.91 Å². The predicted octanol–water partition coefficient (Wildman–Crippen LogP) is 3.83. The largest absolute Gasteiger partial charge is 0.494 e. The van der Waals surface area contributed by atoms with Crippen molar-refractivity contribution in [2.24, 2.45) is 0 Å². The molecule has 1 amide bonds. The Morgan fingerprint density at radius 2 is 2.22 bits per heavy atom. The van der Waals surface area contributed by atoms with E-state index in [1.807, 2.05) is 13.0 Å². The van der Waals surface area contributed by atoms with Gasteiger partial charge in [-0.3, -0.25) is 4.79 Å². The number of ether oxygens (including phenoxy) is 2. The second-order valence-electron chi connectivity index (χ2n) is 4.79. The summed E-state index contributed by atoms with van der Waals surface area (Å²) in [5.41, 5.74) is 1.65. The summed E-state index contributed by atoms with van der Waals surface area (Å²) in [4.78, 5) is 18.4. The van der Waals surface area contributed by atoms with Crippen LogP contribution in [0, 0.1) is 6.92 Å². The summed E-state index contributed by atoms with van der Waals surface area (Å²) < 4.78 is 11.9. The zero-order chi connectivity index (χ0) is 17.0. The molecular weight excluding hydrogens is 428 g/mol. The van der Waals surface area contributed by atoms with Crippen molar-refractivity contribution in [3.05, 3.63) is 51.3 Å². The van der Waals surface area contributed by atoms with Gasteiger partial charge in [0.1, 0.15) is 18.1 Å². The zero-order valence-corrected chi connectivity index (χ0v) is 16.0. The number of amides is 1. The zero-order valence-electron chi connectivity index (χ0n) is 12.8. The number of nitrogens with zero attached hydrogens (tertiary/aromatic N) is 2. The molecule has 0 aromatic carbocycles. The monoisotopic (exact) mass is 442 g/mol. The van der Waals surface area contributed by atoms with Crippen molar-refractivity contribution in [3.63, 3.8) is 0 Å². The maximum atomic E-state index is 12.5. The fraction of sp³-hybridized carbons (Fsp3) is 0.250. The number of fused-ring (bicyclic) bond motifs is 1. The highest BCUT2D eigenvalue weighted by molar-refractivity contribution is 9.12. The molecule has 2 rings (SSSR count). The van der Waals surface area contributed by atoms with Crippen molar-refractivity contribution in [3.8, 4) is 5.88 Å². The van der Waals surface area contributed by atoms with E-state index in [1.165, 1.54) is 13.2 Å². The number of rotatable bonds is 4. The SMILES string of the molecule is C=C(Br)C(OC)=C(Br)C=CC(=O)N1CCOc2ncc(C)cc21. The van der Waals surface area contributed by atoms with Crippen molar-refractivity contribution in [2.45, 2.75) is 6.92 Å². The molecule has 0 saturated heterocycles. The van der Waals surface area contributed by atoms with Gasteiger partial charge in [-0.15, -0.1) is 0 Å². The van der Waals surface area contributed by atoms with E-state index in [1.54, 1.807) is 17.2 Å². The summed E-state index contributed by atoms with van der Waals surface area (Å²) in [5, 5.41) is 0. The molecule has 1 aliphatic heterocycles. The van der Waals surface area contributed by atoms with Crippen molar-refractivity contribution in [2.75, 3.05) is 25.2 Å². The summed E-state index contributed by atoms with van der Waals surface area (Å²) in [7, 11) is 1.53. The van der Waals surface area contributed by atoms with Crippen LogP contribution in [0.2, 0.25) is 0 Å². The topological polar surface area (TPSA) is 51.7 Å². The Bertz CT molecular complexity index is 699. The highest BCUT2D eigenvalue weighted by Crippen LogP contribution is 2.30. The van der Waals surface area contributed by atoms with Crippen LogP contribution < -0.4 is 9.64 Å². The van der Waals surface area contributed by atoms with E-state index in [9.17, 15) is 4.79 Å². The normalized spacial score (nSPS) is 14.9. The number of pyridine rings is 1. The van der Waals surface area contributed by atoms with Gasteiger partial charge >= 0.3 is 0 Å². The molecular formula is C16H16Br2N2O3. The van der Waals surface area contributed by atoms with Crippen molar-refractivity contribution in [1.29, 1.82) is 0 Å². The highest BCUT2D eigenvalue weighted by atomic mass is 79.9. The molecule has 0 aliphatic carbocycles. The van der Waals surface area contributed by atoms with Gasteiger partial charge in [0, 0.05) is 12.3 Å². The molecule has 0 N–H and O–H groups in total. The Kier molecular flexibility index (Phi) is 6.01. The van der Waals surface area contributed by atoms with Gasteiger partial charge in [-0.05, 0) is 56.5 Å². The second-order valence-corrected chi connectivity index (χ2v) is 6.61. The van der Waals surface area contributed by atoms with E-state index in [2.05, 4.69) is 43.4 Å². The molecule has 0 fully saturated rings. The fourth-order valence-electron chi connectivity index (χ4n) is 2.08. The Balaban J connectivity index is 2.25. The van der Waals surface area contributed by atoms with E-state index < -0.39 is 0 Å². The van der Waals surface area contributed by atoms with Gasteiger partial charge in [-0.2, -0.15) is 0 Å². The third-order valence-corrected chi connectivity index (χ3v) is 4.10. The number of allylic oxidation sites excluding steroid dienone is 3. The maximum Gasteiger partial charge on any atom is 0.251 e. The van der Waals surface area contributed by atoms with E-state index in [0.717, 1.165) is 5.56 Å². The molecule has 0 atom stereocenters. The third-order valence-electron chi connectivity index (χ3n) is 3.12. The van der Waals surface area contributed by atoms with Crippen LogP contribution in [0.3, 0.4) is 0 Å². The molecule has 0 spiro atoms. The second kappa shape index (κ2) is 7.79. The number of aryl methyl sites for hydroxylation is 1. The quantitative estimate of drug-likeness (QED) is 0.403.